The van der Waals surface area contributed by atoms with E-state index in [0.717, 1.165) is 11.2 Å². The van der Waals surface area contributed by atoms with Crippen LogP contribution in [0.5, 0.6) is 0 Å². The van der Waals surface area contributed by atoms with Gasteiger partial charge in [-0.25, -0.2) is 4.98 Å². The number of rotatable bonds is 4. The molecule has 2 rings (SSSR count). The number of amides is 1. The number of pyridine rings is 1. The van der Waals surface area contributed by atoms with Crippen molar-refractivity contribution in [2.75, 3.05) is 0 Å². The number of imidazole rings is 1. The molecular formula is C10H11ClN4OS. The summed E-state index contributed by atoms with van der Waals surface area (Å²) in [6.45, 7) is 0.608. The number of nitrogens with zero attached hydrogens (tertiary/aromatic N) is 2. The van der Waals surface area contributed by atoms with Gasteiger partial charge in [-0.3, -0.25) is 4.79 Å². The summed E-state index contributed by atoms with van der Waals surface area (Å²) in [5, 5.41) is 0.554. The van der Waals surface area contributed by atoms with Gasteiger partial charge in [0.15, 0.2) is 10.4 Å². The summed E-state index contributed by atoms with van der Waals surface area (Å²) in [7, 11) is 0. The fourth-order valence-corrected chi connectivity index (χ4v) is 2.08. The molecule has 2 aromatic rings. The molecule has 0 saturated carbocycles. The standard InChI is InChI=1S/C10H11ClN4OS/c11-6-4-7-9(13-5-6)15(10(17)14-7)3-1-2-8(12)16/h4-5H,1-3H2,(H2,12,16)(H,14,17). The minimum absolute atomic E-state index is 0.313. The molecule has 0 spiro atoms. The lowest BCUT2D eigenvalue weighted by molar-refractivity contribution is -0.118. The number of hydrogen-bond donors (Lipinski definition) is 2. The molecule has 7 heteroatoms. The Morgan fingerprint density at radius 3 is 3.12 bits per heavy atom. The molecule has 0 atom stereocenters. The topological polar surface area (TPSA) is 76.7 Å². The van der Waals surface area contributed by atoms with Gasteiger partial charge in [0.1, 0.15) is 0 Å². The first-order chi connectivity index (χ1) is 8.08. The van der Waals surface area contributed by atoms with Crippen LogP contribution in [0.1, 0.15) is 12.8 Å². The molecule has 0 aromatic carbocycles. The molecule has 0 bridgehead atoms. The highest BCUT2D eigenvalue weighted by Gasteiger charge is 2.06. The Hall–Kier alpha value is -1.40. The highest BCUT2D eigenvalue weighted by Crippen LogP contribution is 2.16. The van der Waals surface area contributed by atoms with E-state index in [4.69, 9.17) is 29.6 Å². The second-order valence-electron chi connectivity index (χ2n) is 3.68. The quantitative estimate of drug-likeness (QED) is 0.835. The fraction of sp³-hybridized carbons (Fsp3) is 0.300. The highest BCUT2D eigenvalue weighted by molar-refractivity contribution is 7.71. The highest BCUT2D eigenvalue weighted by atomic mass is 35.5. The maximum absolute atomic E-state index is 10.7. The van der Waals surface area contributed by atoms with Gasteiger partial charge in [-0.1, -0.05) is 11.6 Å². The van der Waals surface area contributed by atoms with Crippen molar-refractivity contribution in [3.8, 4) is 0 Å². The number of H-pyrrole nitrogens is 1. The SMILES string of the molecule is NC(=O)CCCn1c(=S)[nH]c2cc(Cl)cnc21. The van der Waals surface area contributed by atoms with Gasteiger partial charge in [0.2, 0.25) is 5.91 Å². The van der Waals surface area contributed by atoms with E-state index < -0.39 is 0 Å². The van der Waals surface area contributed by atoms with Crippen LogP contribution in [0.3, 0.4) is 0 Å². The lowest BCUT2D eigenvalue weighted by Gasteiger charge is -2.02. The first-order valence-corrected chi connectivity index (χ1v) is 5.89. The molecule has 1 amide bonds. The minimum Gasteiger partial charge on any atom is -0.370 e. The van der Waals surface area contributed by atoms with Gasteiger partial charge in [-0.2, -0.15) is 0 Å². The second kappa shape index (κ2) is 4.85. The summed E-state index contributed by atoms with van der Waals surface area (Å²) in [5.41, 5.74) is 6.62. The maximum Gasteiger partial charge on any atom is 0.217 e. The third-order valence-electron chi connectivity index (χ3n) is 2.38. The number of nitrogens with one attached hydrogen (secondary N) is 1. The molecule has 0 saturated heterocycles. The number of nitrogens with two attached hydrogens (primary N) is 1. The molecule has 0 aliphatic heterocycles. The van der Waals surface area contributed by atoms with Crippen molar-refractivity contribution in [2.45, 2.75) is 19.4 Å². The number of aromatic amines is 1. The smallest absolute Gasteiger partial charge is 0.217 e. The molecule has 0 unspecified atom stereocenters. The van der Waals surface area contributed by atoms with Crippen molar-refractivity contribution in [1.29, 1.82) is 0 Å². The largest absolute Gasteiger partial charge is 0.370 e. The van der Waals surface area contributed by atoms with Crippen molar-refractivity contribution in [2.24, 2.45) is 5.73 Å². The third-order valence-corrected chi connectivity index (χ3v) is 2.91. The molecule has 0 radical (unpaired) electrons. The number of carbonyl (C=O) groups is 1. The first kappa shape index (κ1) is 12.1. The third kappa shape index (κ3) is 2.65. The van der Waals surface area contributed by atoms with Crippen LogP contribution in [0.4, 0.5) is 0 Å². The number of aryl methyl sites for hydroxylation is 1. The van der Waals surface area contributed by atoms with Crippen LogP contribution in [0.2, 0.25) is 5.02 Å². The molecule has 2 heterocycles. The Labute approximate surface area is 108 Å². The second-order valence-corrected chi connectivity index (χ2v) is 4.50. The zero-order chi connectivity index (χ0) is 12.4. The molecule has 90 valence electrons. The van der Waals surface area contributed by atoms with E-state index in [1.54, 1.807) is 12.3 Å². The fourth-order valence-electron chi connectivity index (χ4n) is 1.64. The number of aromatic nitrogens is 3. The Bertz CT molecular complexity index is 618. The van der Waals surface area contributed by atoms with Crippen LogP contribution >= 0.6 is 23.8 Å². The van der Waals surface area contributed by atoms with Gasteiger partial charge < -0.3 is 15.3 Å². The summed E-state index contributed by atoms with van der Waals surface area (Å²) in [6, 6.07) is 1.77. The van der Waals surface area contributed by atoms with E-state index in [-0.39, 0.29) is 5.91 Å². The maximum atomic E-state index is 10.7. The Morgan fingerprint density at radius 1 is 1.65 bits per heavy atom. The van der Waals surface area contributed by atoms with Gasteiger partial charge in [0, 0.05) is 19.2 Å². The van der Waals surface area contributed by atoms with E-state index >= 15 is 0 Å². The summed E-state index contributed by atoms with van der Waals surface area (Å²) in [5.74, 6) is -0.313. The van der Waals surface area contributed by atoms with Gasteiger partial charge in [0.25, 0.3) is 0 Å². The number of primary amides is 1. The van der Waals surface area contributed by atoms with E-state index in [2.05, 4.69) is 9.97 Å². The van der Waals surface area contributed by atoms with Gasteiger partial charge in [-0.05, 0) is 24.7 Å². The predicted octanol–water partition coefficient (Wildman–Crippen LogP) is 2.01. The molecule has 0 aliphatic rings. The Morgan fingerprint density at radius 2 is 2.41 bits per heavy atom. The van der Waals surface area contributed by atoms with Crippen LogP contribution in [0.15, 0.2) is 12.3 Å². The van der Waals surface area contributed by atoms with Crippen LogP contribution in [-0.2, 0) is 11.3 Å². The monoisotopic (exact) mass is 270 g/mol. The van der Waals surface area contributed by atoms with Crippen LogP contribution in [-0.4, -0.2) is 20.4 Å². The lowest BCUT2D eigenvalue weighted by Crippen LogP contribution is -2.11. The van der Waals surface area contributed by atoms with E-state index in [9.17, 15) is 4.79 Å². The molecule has 2 aromatic heterocycles. The Kier molecular flexibility index (Phi) is 3.44. The van der Waals surface area contributed by atoms with Crippen molar-refractivity contribution >= 4 is 40.9 Å². The van der Waals surface area contributed by atoms with E-state index in [0.29, 0.717) is 29.2 Å². The predicted molar refractivity (Wildman–Crippen MR) is 68.4 cm³/mol. The molecule has 17 heavy (non-hydrogen) atoms. The summed E-state index contributed by atoms with van der Waals surface area (Å²) in [4.78, 5) is 17.9. The van der Waals surface area contributed by atoms with Crippen LogP contribution in [0.25, 0.3) is 11.2 Å². The lowest BCUT2D eigenvalue weighted by atomic mass is 10.3. The van der Waals surface area contributed by atoms with Crippen molar-refractivity contribution in [3.05, 3.63) is 22.1 Å². The van der Waals surface area contributed by atoms with Gasteiger partial charge in [0.05, 0.1) is 10.5 Å². The normalized spacial score (nSPS) is 10.9. The zero-order valence-electron chi connectivity index (χ0n) is 8.94. The molecule has 5 nitrogen and oxygen atoms in total. The first-order valence-electron chi connectivity index (χ1n) is 5.10. The minimum atomic E-state index is -0.313. The van der Waals surface area contributed by atoms with Crippen LogP contribution in [0, 0.1) is 4.77 Å². The number of hydrogen-bond acceptors (Lipinski definition) is 3. The molecule has 0 aliphatic carbocycles. The molecular weight excluding hydrogens is 260 g/mol. The van der Waals surface area contributed by atoms with E-state index in [1.165, 1.54) is 0 Å². The number of fused-ring (bicyclic) bond motifs is 1. The average Bonchev–Trinajstić information content (AvgIpc) is 2.54. The average molecular weight is 271 g/mol. The molecule has 0 fully saturated rings. The van der Waals surface area contributed by atoms with Crippen LogP contribution < -0.4 is 5.73 Å². The number of carbonyl (C=O) groups excluding carboxylic acids is 1. The summed E-state index contributed by atoms with van der Waals surface area (Å²) in [6.07, 6.45) is 2.54. The Balaban J connectivity index is 2.30. The van der Waals surface area contributed by atoms with Crippen molar-refractivity contribution in [1.82, 2.24) is 14.5 Å². The number of halogens is 1. The van der Waals surface area contributed by atoms with Crippen molar-refractivity contribution in [3.63, 3.8) is 0 Å². The zero-order valence-corrected chi connectivity index (χ0v) is 10.5. The summed E-state index contributed by atoms with van der Waals surface area (Å²) >= 11 is 11.0. The van der Waals surface area contributed by atoms with Crippen molar-refractivity contribution < 1.29 is 4.79 Å². The van der Waals surface area contributed by atoms with Gasteiger partial charge in [-0.15, -0.1) is 0 Å². The van der Waals surface area contributed by atoms with Gasteiger partial charge >= 0.3 is 0 Å². The van der Waals surface area contributed by atoms with E-state index in [1.807, 2.05) is 4.57 Å². The summed E-state index contributed by atoms with van der Waals surface area (Å²) < 4.78 is 2.41. The molecule has 3 N–H and O–H groups in total.